The number of carbonyl (C=O) groups is 1. The molecule has 0 amide bonds. The van der Waals surface area contributed by atoms with E-state index in [1.165, 1.54) is 19.9 Å². The molecule has 0 aromatic carbocycles. The first-order valence-electron chi connectivity index (χ1n) is 4.33. The van der Waals surface area contributed by atoms with E-state index in [4.69, 9.17) is 45.0 Å². The van der Waals surface area contributed by atoms with Crippen molar-refractivity contribution in [3.8, 4) is 0 Å². The second-order valence-corrected chi connectivity index (χ2v) is 5.56. The number of rotatable bonds is 2. The van der Waals surface area contributed by atoms with E-state index in [0.717, 1.165) is 6.08 Å². The van der Waals surface area contributed by atoms with Crippen LogP contribution in [0, 0.1) is 0 Å². The van der Waals surface area contributed by atoms with Crippen LogP contribution in [0.1, 0.15) is 22.2 Å². The third kappa shape index (κ3) is 17.4. The Hall–Kier alpha value is 1.42. The van der Waals surface area contributed by atoms with Gasteiger partial charge in [0, 0.05) is 6.08 Å². The smallest absolute Gasteiger partial charge is 1.00 e. The zero-order valence-corrected chi connectivity index (χ0v) is 15.6. The van der Waals surface area contributed by atoms with Gasteiger partial charge >= 0.3 is 57.4 Å². The average Bonchev–Trinajstić information content (AvgIpc) is 2.01. The molecule has 7 heteroatoms. The van der Waals surface area contributed by atoms with Gasteiger partial charge in [0.25, 0.3) is 0 Å². The van der Waals surface area contributed by atoms with Gasteiger partial charge in [-0.15, -0.1) is 0 Å². The van der Waals surface area contributed by atoms with E-state index in [-0.39, 0.29) is 52.8 Å². The second kappa shape index (κ2) is 11.3. The first-order chi connectivity index (χ1) is 7.02. The molecule has 0 aromatic rings. The standard InChI is InChI=1S/C6H8O2.C4H7Cl3O.K.H/c1-2-3-4-5-6(7)8;1-3(2,8)4(5,6)7;;/h2-5H,1H3,(H,7,8);8H,1-2H3;;/q;;+1;-1/b3-2+,5-4+;;;. The molecule has 0 aliphatic rings. The molecule has 0 saturated heterocycles. The molecule has 3 nitrogen and oxygen atoms in total. The first-order valence-corrected chi connectivity index (χ1v) is 5.47. The summed E-state index contributed by atoms with van der Waals surface area (Å²) in [6, 6.07) is 0. The molecule has 2 N–H and O–H groups in total. The van der Waals surface area contributed by atoms with Gasteiger partial charge in [-0.2, -0.15) is 0 Å². The Bertz CT molecular complexity index is 259. The molecule has 0 saturated carbocycles. The van der Waals surface area contributed by atoms with Crippen molar-refractivity contribution < 1.29 is 67.8 Å². The van der Waals surface area contributed by atoms with Crippen LogP contribution >= 0.6 is 34.8 Å². The van der Waals surface area contributed by atoms with Crippen molar-refractivity contribution in [1.82, 2.24) is 0 Å². The van der Waals surface area contributed by atoms with Gasteiger partial charge in [0.2, 0.25) is 3.79 Å². The van der Waals surface area contributed by atoms with Gasteiger partial charge in [-0.25, -0.2) is 4.79 Å². The molecule has 0 spiro atoms. The van der Waals surface area contributed by atoms with Gasteiger partial charge in [0.15, 0.2) is 0 Å². The fraction of sp³-hybridized carbons (Fsp3) is 0.500. The van der Waals surface area contributed by atoms with Crippen molar-refractivity contribution in [3.63, 3.8) is 0 Å². The van der Waals surface area contributed by atoms with E-state index < -0.39 is 15.4 Å². The molecule has 0 aliphatic heterocycles. The molecule has 0 unspecified atom stereocenters. The molecular formula is C10H16Cl3KO3. The minimum absolute atomic E-state index is 0. The molecule has 0 bridgehead atoms. The Morgan fingerprint density at radius 2 is 1.59 bits per heavy atom. The fourth-order valence-electron chi connectivity index (χ4n) is 0.249. The Kier molecular flexibility index (Phi) is 15.6. The molecule has 17 heavy (non-hydrogen) atoms. The number of halogens is 3. The summed E-state index contributed by atoms with van der Waals surface area (Å²) in [5, 5.41) is 17.0. The molecule has 0 atom stereocenters. The summed E-state index contributed by atoms with van der Waals surface area (Å²) in [4.78, 5) is 9.75. The fourth-order valence-corrected chi connectivity index (χ4v) is 0.249. The van der Waals surface area contributed by atoms with Gasteiger partial charge in [-0.05, 0) is 20.8 Å². The van der Waals surface area contributed by atoms with E-state index in [2.05, 4.69) is 0 Å². The maximum absolute atomic E-state index is 9.75. The number of alkyl halides is 3. The quantitative estimate of drug-likeness (QED) is 0.335. The minimum atomic E-state index is -1.59. The number of hydrogen-bond acceptors (Lipinski definition) is 2. The van der Waals surface area contributed by atoms with Crippen LogP contribution in [0.5, 0.6) is 0 Å². The summed E-state index contributed by atoms with van der Waals surface area (Å²) in [7, 11) is 0. The van der Waals surface area contributed by atoms with E-state index >= 15 is 0 Å². The zero-order valence-electron chi connectivity index (χ0n) is 11.2. The van der Waals surface area contributed by atoms with Gasteiger partial charge in [0.1, 0.15) is 5.60 Å². The van der Waals surface area contributed by atoms with Crippen molar-refractivity contribution in [2.45, 2.75) is 30.2 Å². The summed E-state index contributed by atoms with van der Waals surface area (Å²) in [5.74, 6) is -0.914. The molecule has 0 aromatic heterocycles. The van der Waals surface area contributed by atoms with Crippen LogP contribution < -0.4 is 51.4 Å². The van der Waals surface area contributed by atoms with Gasteiger partial charge < -0.3 is 11.6 Å². The number of hydrogen-bond donors (Lipinski definition) is 2. The maximum Gasteiger partial charge on any atom is 1.00 e. The predicted molar refractivity (Wildman–Crippen MR) is 69.3 cm³/mol. The molecule has 0 heterocycles. The second-order valence-electron chi connectivity index (χ2n) is 3.28. The Morgan fingerprint density at radius 1 is 1.24 bits per heavy atom. The van der Waals surface area contributed by atoms with E-state index in [9.17, 15) is 4.79 Å². The maximum atomic E-state index is 9.75. The number of carboxylic acids is 1. The number of aliphatic hydroxyl groups is 1. The predicted octanol–water partition coefficient (Wildman–Crippen LogP) is 0.447. The van der Waals surface area contributed by atoms with Crippen molar-refractivity contribution in [2.75, 3.05) is 0 Å². The van der Waals surface area contributed by atoms with Crippen LogP contribution in [-0.4, -0.2) is 25.6 Å². The summed E-state index contributed by atoms with van der Waals surface area (Å²) in [5.41, 5.74) is -1.27. The SMILES string of the molecule is C/C=C/C=C/C(=O)O.CC(C)(O)C(Cl)(Cl)Cl.[H-].[K+]. The molecular weight excluding hydrogens is 314 g/mol. The monoisotopic (exact) mass is 328 g/mol. The topological polar surface area (TPSA) is 57.5 Å². The van der Waals surface area contributed by atoms with Crippen molar-refractivity contribution in [1.29, 1.82) is 0 Å². The Balaban J connectivity index is -0.0000000980. The zero-order chi connectivity index (χ0) is 13.4. The van der Waals surface area contributed by atoms with Crippen LogP contribution in [0.15, 0.2) is 24.3 Å². The van der Waals surface area contributed by atoms with E-state index in [0.29, 0.717) is 0 Å². The van der Waals surface area contributed by atoms with Gasteiger partial charge in [-0.3, -0.25) is 0 Å². The molecule has 0 radical (unpaired) electrons. The number of allylic oxidation sites excluding steroid dienone is 3. The average molecular weight is 330 g/mol. The van der Waals surface area contributed by atoms with Crippen molar-refractivity contribution >= 4 is 40.8 Å². The number of aliphatic carboxylic acids is 1. The Labute approximate surface area is 161 Å². The summed E-state index contributed by atoms with van der Waals surface area (Å²) in [6.45, 7) is 4.69. The third-order valence-corrected chi connectivity index (χ3v) is 2.62. The summed E-state index contributed by atoms with van der Waals surface area (Å²) in [6.07, 6.45) is 5.98. The summed E-state index contributed by atoms with van der Waals surface area (Å²) < 4.78 is -1.59. The summed E-state index contributed by atoms with van der Waals surface area (Å²) >= 11 is 15.9. The minimum Gasteiger partial charge on any atom is -1.00 e. The van der Waals surface area contributed by atoms with Crippen LogP contribution in [0.2, 0.25) is 0 Å². The van der Waals surface area contributed by atoms with Crippen LogP contribution in [-0.2, 0) is 4.79 Å². The number of carboxylic acid groups (broad SMARTS) is 1. The third-order valence-electron chi connectivity index (χ3n) is 1.24. The van der Waals surface area contributed by atoms with Crippen LogP contribution in [0.25, 0.3) is 0 Å². The molecule has 0 rings (SSSR count). The van der Waals surface area contributed by atoms with Crippen molar-refractivity contribution in [3.05, 3.63) is 24.3 Å². The largest absolute Gasteiger partial charge is 1.00 e. The van der Waals surface area contributed by atoms with Crippen LogP contribution in [0.4, 0.5) is 0 Å². The van der Waals surface area contributed by atoms with Crippen molar-refractivity contribution in [2.24, 2.45) is 0 Å². The Morgan fingerprint density at radius 3 is 1.76 bits per heavy atom. The molecule has 0 fully saturated rings. The molecule has 96 valence electrons. The van der Waals surface area contributed by atoms with Gasteiger partial charge in [0.05, 0.1) is 0 Å². The normalized spacial score (nSPS) is 11.9. The molecule has 0 aliphatic carbocycles. The first kappa shape index (κ1) is 23.5. The van der Waals surface area contributed by atoms with Gasteiger partial charge in [-0.1, -0.05) is 53.0 Å². The van der Waals surface area contributed by atoms with E-state index in [1.807, 2.05) is 6.92 Å². The van der Waals surface area contributed by atoms with E-state index in [1.54, 1.807) is 12.2 Å². The van der Waals surface area contributed by atoms with Crippen LogP contribution in [0.3, 0.4) is 0 Å².